The quantitative estimate of drug-likeness (QED) is 0.910. The molecular weight excluding hydrogens is 318 g/mol. The zero-order valence-corrected chi connectivity index (χ0v) is 15.2. The first-order valence-corrected chi connectivity index (χ1v) is 8.57. The summed E-state index contributed by atoms with van der Waals surface area (Å²) in [6, 6.07) is 9.67. The smallest absolute Gasteiger partial charge is 0.410 e. The molecule has 6 heteroatoms. The number of nitrogens with zero attached hydrogens (tertiary/aromatic N) is 2. The van der Waals surface area contributed by atoms with Crippen molar-refractivity contribution in [2.24, 2.45) is 0 Å². The predicted octanol–water partition coefficient (Wildman–Crippen LogP) is 3.25. The van der Waals surface area contributed by atoms with Gasteiger partial charge in [-0.25, -0.2) is 4.79 Å². The molecule has 6 nitrogen and oxygen atoms in total. The zero-order valence-electron chi connectivity index (χ0n) is 15.2. The van der Waals surface area contributed by atoms with E-state index in [9.17, 15) is 9.59 Å². The highest BCUT2D eigenvalue weighted by Gasteiger charge is 2.33. The number of ether oxygens (including phenoxy) is 1. The number of nitrogens with one attached hydrogen (secondary N) is 1. The fourth-order valence-corrected chi connectivity index (χ4v) is 3.08. The van der Waals surface area contributed by atoms with Crippen LogP contribution in [-0.2, 0) is 4.74 Å². The lowest BCUT2D eigenvalue weighted by molar-refractivity contribution is 0.0226. The normalized spacial score (nSPS) is 17.8. The highest BCUT2D eigenvalue weighted by molar-refractivity contribution is 5.98. The van der Waals surface area contributed by atoms with Crippen molar-refractivity contribution in [2.45, 2.75) is 38.8 Å². The number of carbonyl (C=O) groups is 2. The summed E-state index contributed by atoms with van der Waals surface area (Å²) in [6.45, 7) is 6.69. The standard InChI is InChI=1S/C19H25N3O3/c1-19(2,3)25-18(24)21(4)14-9-10-22(12-14)17(23)16-11-13-7-5-6-8-15(13)20-16/h5-8,11,14,20H,9-10,12H2,1-4H3. The van der Waals surface area contributed by atoms with Crippen LogP contribution in [0.1, 0.15) is 37.7 Å². The van der Waals surface area contributed by atoms with E-state index >= 15 is 0 Å². The molecule has 1 aliphatic heterocycles. The Hall–Kier alpha value is -2.50. The van der Waals surface area contributed by atoms with Crippen LogP contribution in [0.15, 0.2) is 30.3 Å². The van der Waals surface area contributed by atoms with Crippen LogP contribution in [0.5, 0.6) is 0 Å². The van der Waals surface area contributed by atoms with Gasteiger partial charge in [0.05, 0.1) is 6.04 Å². The van der Waals surface area contributed by atoms with Crippen LogP contribution in [0.3, 0.4) is 0 Å². The van der Waals surface area contributed by atoms with E-state index in [4.69, 9.17) is 4.74 Å². The summed E-state index contributed by atoms with van der Waals surface area (Å²) in [6.07, 6.45) is 0.402. The first-order valence-electron chi connectivity index (χ1n) is 8.57. The number of fused-ring (bicyclic) bond motifs is 1. The molecule has 1 atom stereocenters. The monoisotopic (exact) mass is 343 g/mol. The Morgan fingerprint density at radius 1 is 1.28 bits per heavy atom. The van der Waals surface area contributed by atoms with Crippen molar-refractivity contribution in [2.75, 3.05) is 20.1 Å². The number of H-pyrrole nitrogens is 1. The van der Waals surface area contributed by atoms with Crippen LogP contribution in [0, 0.1) is 0 Å². The van der Waals surface area contributed by atoms with Gasteiger partial charge < -0.3 is 19.5 Å². The Kier molecular flexibility index (Phi) is 4.45. The van der Waals surface area contributed by atoms with Gasteiger partial charge in [-0.2, -0.15) is 0 Å². The van der Waals surface area contributed by atoms with Gasteiger partial charge >= 0.3 is 6.09 Å². The highest BCUT2D eigenvalue weighted by atomic mass is 16.6. The second-order valence-electron chi connectivity index (χ2n) is 7.56. The fraction of sp³-hybridized carbons (Fsp3) is 0.474. The molecule has 1 saturated heterocycles. The predicted molar refractivity (Wildman–Crippen MR) is 96.6 cm³/mol. The molecule has 3 rings (SSSR count). The third-order valence-electron chi connectivity index (χ3n) is 4.44. The molecule has 0 aliphatic carbocycles. The number of aromatic amines is 1. The van der Waals surface area contributed by atoms with Crippen LogP contribution in [0.4, 0.5) is 4.79 Å². The van der Waals surface area contributed by atoms with E-state index in [0.717, 1.165) is 17.3 Å². The molecule has 1 aromatic heterocycles. The average Bonchev–Trinajstić information content (AvgIpc) is 3.18. The number of aromatic nitrogens is 1. The Morgan fingerprint density at radius 3 is 2.68 bits per heavy atom. The third-order valence-corrected chi connectivity index (χ3v) is 4.44. The average molecular weight is 343 g/mol. The van der Waals surface area contributed by atoms with Crippen molar-refractivity contribution < 1.29 is 14.3 Å². The molecule has 1 unspecified atom stereocenters. The van der Waals surface area contributed by atoms with Crippen LogP contribution < -0.4 is 0 Å². The van der Waals surface area contributed by atoms with Gasteiger partial charge in [-0.3, -0.25) is 4.79 Å². The molecule has 1 aliphatic rings. The first kappa shape index (κ1) is 17.3. The molecule has 0 saturated carbocycles. The zero-order chi connectivity index (χ0) is 18.2. The number of para-hydroxylation sites is 1. The van der Waals surface area contributed by atoms with Gasteiger partial charge in [0.2, 0.25) is 0 Å². The van der Waals surface area contributed by atoms with E-state index in [-0.39, 0.29) is 18.0 Å². The molecule has 1 N–H and O–H groups in total. The minimum absolute atomic E-state index is 0.0248. The van der Waals surface area contributed by atoms with Crippen molar-refractivity contribution >= 4 is 22.9 Å². The maximum absolute atomic E-state index is 12.7. The molecule has 2 amide bonds. The van der Waals surface area contributed by atoms with Gasteiger partial charge in [-0.15, -0.1) is 0 Å². The van der Waals surface area contributed by atoms with Gasteiger partial charge in [-0.1, -0.05) is 18.2 Å². The van der Waals surface area contributed by atoms with Crippen molar-refractivity contribution in [1.82, 2.24) is 14.8 Å². The molecule has 2 heterocycles. The second-order valence-corrected chi connectivity index (χ2v) is 7.56. The van der Waals surface area contributed by atoms with Gasteiger partial charge in [0.15, 0.2) is 0 Å². The van der Waals surface area contributed by atoms with Gasteiger partial charge in [0.1, 0.15) is 11.3 Å². The van der Waals surface area contributed by atoms with Crippen molar-refractivity contribution in [3.63, 3.8) is 0 Å². The SMILES string of the molecule is CN(C(=O)OC(C)(C)C)C1CCN(C(=O)c2cc3ccccc3[nH]2)C1. The summed E-state index contributed by atoms with van der Waals surface area (Å²) in [4.78, 5) is 31.5. The topological polar surface area (TPSA) is 65.6 Å². The van der Waals surface area contributed by atoms with E-state index in [0.29, 0.717) is 18.8 Å². The summed E-state index contributed by atoms with van der Waals surface area (Å²) >= 11 is 0. The molecule has 0 spiro atoms. The van der Waals surface area contributed by atoms with E-state index in [2.05, 4.69) is 4.98 Å². The molecule has 0 radical (unpaired) electrons. The van der Waals surface area contributed by atoms with E-state index < -0.39 is 5.60 Å². The fourth-order valence-electron chi connectivity index (χ4n) is 3.08. The Balaban J connectivity index is 1.65. The van der Waals surface area contributed by atoms with E-state index in [1.54, 1.807) is 16.8 Å². The van der Waals surface area contributed by atoms with Crippen LogP contribution in [-0.4, -0.2) is 58.6 Å². The molecule has 1 aromatic carbocycles. The van der Waals surface area contributed by atoms with Crippen LogP contribution >= 0.6 is 0 Å². The molecule has 2 aromatic rings. The summed E-state index contributed by atoms with van der Waals surface area (Å²) in [5.74, 6) is -0.0312. The Labute approximate surface area is 147 Å². The Bertz CT molecular complexity index is 758. The number of likely N-dealkylation sites (tertiary alicyclic amines) is 1. The lowest BCUT2D eigenvalue weighted by Crippen LogP contribution is -2.42. The maximum Gasteiger partial charge on any atom is 0.410 e. The number of likely N-dealkylation sites (N-methyl/N-ethyl adjacent to an activating group) is 1. The van der Waals surface area contributed by atoms with Crippen molar-refractivity contribution in [3.8, 4) is 0 Å². The van der Waals surface area contributed by atoms with Crippen LogP contribution in [0.2, 0.25) is 0 Å². The number of hydrogen-bond donors (Lipinski definition) is 1. The first-order chi connectivity index (χ1) is 11.7. The molecule has 1 fully saturated rings. The number of benzene rings is 1. The van der Waals surface area contributed by atoms with Crippen molar-refractivity contribution in [1.29, 1.82) is 0 Å². The minimum atomic E-state index is -0.524. The number of hydrogen-bond acceptors (Lipinski definition) is 3. The third kappa shape index (κ3) is 3.78. The largest absolute Gasteiger partial charge is 0.444 e. The summed E-state index contributed by atoms with van der Waals surface area (Å²) in [7, 11) is 1.73. The van der Waals surface area contributed by atoms with E-state index in [1.165, 1.54) is 0 Å². The molecule has 0 bridgehead atoms. The lowest BCUT2D eigenvalue weighted by Gasteiger charge is -2.28. The minimum Gasteiger partial charge on any atom is -0.444 e. The van der Waals surface area contributed by atoms with Gasteiger partial charge in [-0.05, 0) is 39.3 Å². The van der Waals surface area contributed by atoms with E-state index in [1.807, 2.05) is 51.1 Å². The molecule has 134 valence electrons. The second kappa shape index (κ2) is 6.43. The number of rotatable bonds is 2. The lowest BCUT2D eigenvalue weighted by atomic mass is 10.2. The molecule has 25 heavy (non-hydrogen) atoms. The Morgan fingerprint density at radius 2 is 2.00 bits per heavy atom. The van der Waals surface area contributed by atoms with Crippen LogP contribution in [0.25, 0.3) is 10.9 Å². The summed E-state index contributed by atoms with van der Waals surface area (Å²) < 4.78 is 5.41. The van der Waals surface area contributed by atoms with Crippen molar-refractivity contribution in [3.05, 3.63) is 36.0 Å². The number of carbonyl (C=O) groups excluding carboxylic acids is 2. The highest BCUT2D eigenvalue weighted by Crippen LogP contribution is 2.21. The molecular formula is C19H25N3O3. The van der Waals surface area contributed by atoms with Gasteiger partial charge in [0, 0.05) is 31.0 Å². The maximum atomic E-state index is 12.7. The summed E-state index contributed by atoms with van der Waals surface area (Å²) in [5.41, 5.74) is 1.01. The number of amides is 2. The summed E-state index contributed by atoms with van der Waals surface area (Å²) in [5, 5.41) is 1.02. The van der Waals surface area contributed by atoms with Gasteiger partial charge in [0.25, 0.3) is 5.91 Å².